The first-order valence-electron chi connectivity index (χ1n) is 5.59. The molecule has 0 amide bonds. The van der Waals surface area contributed by atoms with Crippen LogP contribution in [0.25, 0.3) is 0 Å². The number of piperidine rings is 1. The first kappa shape index (κ1) is 11.2. The maximum Gasteiger partial charge on any atom is 0.185 e. The van der Waals surface area contributed by atoms with Crippen molar-refractivity contribution < 1.29 is 0 Å². The lowest BCUT2D eigenvalue weighted by molar-refractivity contribution is 0.395. The van der Waals surface area contributed by atoms with E-state index >= 15 is 0 Å². The molecule has 0 bridgehead atoms. The minimum absolute atomic E-state index is 0.586. The zero-order chi connectivity index (χ0) is 10.7. The fourth-order valence-electron chi connectivity index (χ4n) is 2.04. The van der Waals surface area contributed by atoms with Crippen molar-refractivity contribution in [2.75, 3.05) is 18.0 Å². The van der Waals surface area contributed by atoms with Crippen molar-refractivity contribution in [2.45, 2.75) is 32.1 Å². The van der Waals surface area contributed by atoms with Crippen LogP contribution in [0, 0.1) is 5.92 Å². The van der Waals surface area contributed by atoms with Crippen LogP contribution in [0.2, 0.25) is 0 Å². The summed E-state index contributed by atoms with van der Waals surface area (Å²) in [6, 6.07) is 0. The molecule has 84 valence electrons. The van der Waals surface area contributed by atoms with Gasteiger partial charge in [0, 0.05) is 24.2 Å². The third-order valence-corrected chi connectivity index (χ3v) is 4.64. The van der Waals surface area contributed by atoms with Crippen molar-refractivity contribution in [2.24, 2.45) is 5.92 Å². The number of halogens is 1. The highest BCUT2D eigenvalue weighted by Crippen LogP contribution is 2.28. The molecule has 0 aliphatic carbocycles. The minimum atomic E-state index is 0.586. The van der Waals surface area contributed by atoms with Crippen molar-refractivity contribution in [3.8, 4) is 0 Å². The van der Waals surface area contributed by atoms with Gasteiger partial charge in [-0.25, -0.2) is 4.98 Å². The maximum absolute atomic E-state index is 5.78. The summed E-state index contributed by atoms with van der Waals surface area (Å²) in [5, 5.41) is 1.15. The van der Waals surface area contributed by atoms with E-state index in [1.165, 1.54) is 24.1 Å². The molecule has 1 fully saturated rings. The van der Waals surface area contributed by atoms with Gasteiger partial charge in [-0.1, -0.05) is 13.3 Å². The number of hydrogen-bond donors (Lipinski definition) is 0. The second kappa shape index (κ2) is 5.17. The van der Waals surface area contributed by atoms with Crippen LogP contribution in [0.4, 0.5) is 5.13 Å². The summed E-state index contributed by atoms with van der Waals surface area (Å²) in [6.45, 7) is 4.61. The van der Waals surface area contributed by atoms with E-state index < -0.39 is 0 Å². The fourth-order valence-corrected chi connectivity index (χ4v) is 3.08. The van der Waals surface area contributed by atoms with Gasteiger partial charge in [-0.15, -0.1) is 22.9 Å². The Morgan fingerprint density at radius 1 is 1.53 bits per heavy atom. The molecule has 0 spiro atoms. The van der Waals surface area contributed by atoms with E-state index in [-0.39, 0.29) is 0 Å². The lowest BCUT2D eigenvalue weighted by Crippen LogP contribution is -2.33. The summed E-state index contributed by atoms with van der Waals surface area (Å²) >= 11 is 7.51. The van der Waals surface area contributed by atoms with Gasteiger partial charge in [0.15, 0.2) is 5.13 Å². The number of thiazole rings is 1. The van der Waals surface area contributed by atoms with Gasteiger partial charge in [0.25, 0.3) is 0 Å². The predicted octanol–water partition coefficient (Wildman–Crippen LogP) is 3.51. The summed E-state index contributed by atoms with van der Waals surface area (Å²) in [6.07, 6.45) is 5.84. The molecule has 0 unspecified atom stereocenters. The van der Waals surface area contributed by atoms with Gasteiger partial charge in [0.1, 0.15) is 0 Å². The Morgan fingerprint density at radius 3 is 2.80 bits per heavy atom. The first-order valence-corrected chi connectivity index (χ1v) is 6.94. The molecule has 0 saturated carbocycles. The van der Waals surface area contributed by atoms with E-state index in [1.54, 1.807) is 11.3 Å². The Balaban J connectivity index is 1.95. The number of nitrogens with zero attached hydrogens (tertiary/aromatic N) is 2. The Morgan fingerprint density at radius 2 is 2.27 bits per heavy atom. The van der Waals surface area contributed by atoms with Crippen LogP contribution in [-0.2, 0) is 5.88 Å². The van der Waals surface area contributed by atoms with Crippen LogP contribution >= 0.6 is 22.9 Å². The lowest BCUT2D eigenvalue weighted by atomic mass is 9.95. The molecule has 0 N–H and O–H groups in total. The Bertz CT molecular complexity index is 305. The molecule has 1 aliphatic rings. The average Bonchev–Trinajstić information content (AvgIpc) is 2.78. The van der Waals surface area contributed by atoms with Crippen molar-refractivity contribution in [1.29, 1.82) is 0 Å². The van der Waals surface area contributed by atoms with Crippen molar-refractivity contribution >= 4 is 28.1 Å². The summed E-state index contributed by atoms with van der Waals surface area (Å²) in [7, 11) is 0. The number of alkyl halides is 1. The van der Waals surface area contributed by atoms with Crippen LogP contribution in [0.3, 0.4) is 0 Å². The van der Waals surface area contributed by atoms with Crippen LogP contribution in [0.1, 0.15) is 31.1 Å². The second-order valence-corrected chi connectivity index (χ2v) is 5.44. The summed E-state index contributed by atoms with van der Waals surface area (Å²) in [5.74, 6) is 1.51. The molecule has 0 aromatic carbocycles. The molecule has 1 aromatic rings. The monoisotopic (exact) mass is 244 g/mol. The number of aromatic nitrogens is 1. The molecular formula is C11H17ClN2S. The molecule has 0 radical (unpaired) electrons. The highest BCUT2D eigenvalue weighted by molar-refractivity contribution is 7.15. The Labute approximate surface area is 100 Å². The van der Waals surface area contributed by atoms with E-state index in [9.17, 15) is 0 Å². The molecular weight excluding hydrogens is 228 g/mol. The molecule has 2 rings (SSSR count). The van der Waals surface area contributed by atoms with Gasteiger partial charge >= 0.3 is 0 Å². The smallest absolute Gasteiger partial charge is 0.185 e. The quantitative estimate of drug-likeness (QED) is 0.757. The number of rotatable bonds is 3. The summed E-state index contributed by atoms with van der Waals surface area (Å²) < 4.78 is 0. The van der Waals surface area contributed by atoms with Gasteiger partial charge in [-0.2, -0.15) is 0 Å². The fraction of sp³-hybridized carbons (Fsp3) is 0.727. The molecule has 4 heteroatoms. The highest BCUT2D eigenvalue weighted by Gasteiger charge is 2.19. The molecule has 1 aliphatic heterocycles. The van der Waals surface area contributed by atoms with Crippen molar-refractivity contribution in [3.63, 3.8) is 0 Å². The Kier molecular flexibility index (Phi) is 3.87. The third kappa shape index (κ3) is 2.64. The predicted molar refractivity (Wildman–Crippen MR) is 66.9 cm³/mol. The highest BCUT2D eigenvalue weighted by atomic mass is 35.5. The summed E-state index contributed by atoms with van der Waals surface area (Å²) in [5.41, 5.74) is 0. The van der Waals surface area contributed by atoms with Gasteiger partial charge in [0.2, 0.25) is 0 Å². The van der Waals surface area contributed by atoms with Crippen molar-refractivity contribution in [3.05, 3.63) is 11.1 Å². The van der Waals surface area contributed by atoms with Crippen LogP contribution in [-0.4, -0.2) is 18.1 Å². The topological polar surface area (TPSA) is 16.1 Å². The van der Waals surface area contributed by atoms with Gasteiger partial charge in [-0.3, -0.25) is 0 Å². The van der Waals surface area contributed by atoms with Crippen LogP contribution < -0.4 is 4.90 Å². The Hall–Kier alpha value is -0.280. The molecule has 1 aromatic heterocycles. The molecule has 15 heavy (non-hydrogen) atoms. The van der Waals surface area contributed by atoms with E-state index in [2.05, 4.69) is 16.8 Å². The van der Waals surface area contributed by atoms with Crippen LogP contribution in [0.15, 0.2) is 6.20 Å². The van der Waals surface area contributed by atoms with Gasteiger partial charge in [0.05, 0.1) is 5.88 Å². The SMILES string of the molecule is CCC1CCN(c2ncc(CCl)s2)CC1. The zero-order valence-corrected chi connectivity index (χ0v) is 10.7. The first-order chi connectivity index (χ1) is 7.33. The molecule has 2 nitrogen and oxygen atoms in total. The van der Waals surface area contributed by atoms with E-state index in [0.29, 0.717) is 5.88 Å². The average molecular weight is 245 g/mol. The van der Waals surface area contributed by atoms with Gasteiger partial charge < -0.3 is 4.90 Å². The van der Waals surface area contributed by atoms with E-state index in [4.69, 9.17) is 11.6 Å². The largest absolute Gasteiger partial charge is 0.348 e. The zero-order valence-electron chi connectivity index (χ0n) is 9.08. The molecule has 1 saturated heterocycles. The lowest BCUT2D eigenvalue weighted by Gasteiger charge is -2.31. The number of anilines is 1. The van der Waals surface area contributed by atoms with E-state index in [1.807, 2.05) is 6.20 Å². The second-order valence-electron chi connectivity index (χ2n) is 4.08. The standard InChI is InChI=1S/C11H17ClN2S/c1-2-9-3-5-14(6-4-9)11-13-8-10(7-12)15-11/h8-9H,2-7H2,1H3. The van der Waals surface area contributed by atoms with E-state index in [0.717, 1.165) is 24.1 Å². The van der Waals surface area contributed by atoms with Gasteiger partial charge in [-0.05, 0) is 18.8 Å². The normalized spacial score (nSPS) is 18.4. The maximum atomic E-state index is 5.78. The van der Waals surface area contributed by atoms with Crippen molar-refractivity contribution in [1.82, 2.24) is 4.98 Å². The molecule has 2 heterocycles. The third-order valence-electron chi connectivity index (χ3n) is 3.14. The van der Waals surface area contributed by atoms with Crippen LogP contribution in [0.5, 0.6) is 0 Å². The summed E-state index contributed by atoms with van der Waals surface area (Å²) in [4.78, 5) is 7.99. The minimum Gasteiger partial charge on any atom is -0.348 e. The molecule has 0 atom stereocenters. The number of hydrogen-bond acceptors (Lipinski definition) is 3.